The Morgan fingerprint density at radius 3 is 2.54 bits per heavy atom. The van der Waals surface area contributed by atoms with Crippen molar-refractivity contribution in [2.75, 3.05) is 6.61 Å². The lowest BCUT2D eigenvalue weighted by molar-refractivity contribution is 0.0474. The number of halogens is 1. The van der Waals surface area contributed by atoms with E-state index in [1.54, 1.807) is 23.5 Å². The molecule has 0 aliphatic heterocycles. The van der Waals surface area contributed by atoms with Crippen LogP contribution in [0.5, 0.6) is 0 Å². The Balaban J connectivity index is 1.68. The molecule has 6 heteroatoms. The van der Waals surface area contributed by atoms with Crippen molar-refractivity contribution in [1.29, 1.82) is 0 Å². The van der Waals surface area contributed by atoms with Gasteiger partial charge in [-0.25, -0.2) is 4.79 Å². The minimum Gasteiger partial charge on any atom is -0.454 e. The number of benzene rings is 1. The van der Waals surface area contributed by atoms with Gasteiger partial charge >= 0.3 is 5.97 Å². The van der Waals surface area contributed by atoms with E-state index in [0.29, 0.717) is 11.1 Å². The maximum atomic E-state index is 12.5. The van der Waals surface area contributed by atoms with E-state index in [1.807, 2.05) is 43.5 Å². The number of nitrogens with zero attached hydrogens (tertiary/aromatic N) is 1. The number of rotatable bonds is 6. The summed E-state index contributed by atoms with van der Waals surface area (Å²) in [4.78, 5) is 25.8. The Morgan fingerprint density at radius 1 is 1.15 bits per heavy atom. The van der Waals surface area contributed by atoms with E-state index in [4.69, 9.17) is 4.74 Å². The Labute approximate surface area is 169 Å². The maximum Gasteiger partial charge on any atom is 0.338 e. The molecule has 0 N–H and O–H groups in total. The molecule has 0 bridgehead atoms. The molecule has 0 spiro atoms. The van der Waals surface area contributed by atoms with Crippen LogP contribution in [0.3, 0.4) is 0 Å². The molecule has 26 heavy (non-hydrogen) atoms. The lowest BCUT2D eigenvalue weighted by Crippen LogP contribution is -2.15. The van der Waals surface area contributed by atoms with Crippen LogP contribution in [0, 0.1) is 17.4 Å². The third-order valence-corrected chi connectivity index (χ3v) is 5.76. The van der Waals surface area contributed by atoms with Crippen molar-refractivity contribution in [1.82, 2.24) is 4.57 Å². The van der Waals surface area contributed by atoms with Gasteiger partial charge in [0.2, 0.25) is 5.78 Å². The molecule has 0 aliphatic rings. The Morgan fingerprint density at radius 2 is 1.88 bits per heavy atom. The van der Waals surface area contributed by atoms with Gasteiger partial charge in [0.25, 0.3) is 0 Å². The average Bonchev–Trinajstić information content (AvgIpc) is 3.24. The highest BCUT2D eigenvalue weighted by Gasteiger charge is 2.18. The summed E-state index contributed by atoms with van der Waals surface area (Å²) < 4.78 is 8.34. The average molecular weight is 479 g/mol. The number of aromatic nitrogens is 1. The molecule has 2 heterocycles. The summed E-state index contributed by atoms with van der Waals surface area (Å²) in [7, 11) is 0. The predicted molar refractivity (Wildman–Crippen MR) is 111 cm³/mol. The first kappa shape index (κ1) is 18.8. The van der Waals surface area contributed by atoms with Crippen LogP contribution in [0.1, 0.15) is 37.0 Å². The number of carbonyl (C=O) groups excluding carboxylic acids is 2. The summed E-state index contributed by atoms with van der Waals surface area (Å²) in [6.07, 6.45) is 0. The van der Waals surface area contributed by atoms with Crippen molar-refractivity contribution in [2.45, 2.75) is 20.4 Å². The van der Waals surface area contributed by atoms with Gasteiger partial charge in [-0.2, -0.15) is 0 Å². The van der Waals surface area contributed by atoms with Crippen LogP contribution in [-0.4, -0.2) is 22.9 Å². The van der Waals surface area contributed by atoms with Crippen LogP contribution in [0.25, 0.3) is 0 Å². The van der Waals surface area contributed by atoms with E-state index in [2.05, 4.69) is 33.2 Å². The minimum atomic E-state index is -0.484. The molecule has 0 saturated carbocycles. The molecule has 3 rings (SSSR count). The fourth-order valence-corrected chi connectivity index (χ4v) is 3.82. The van der Waals surface area contributed by atoms with Crippen LogP contribution >= 0.6 is 33.9 Å². The Hall–Kier alpha value is -1.93. The van der Waals surface area contributed by atoms with E-state index in [0.717, 1.165) is 21.5 Å². The Kier molecular flexibility index (Phi) is 5.93. The number of hydrogen-bond acceptors (Lipinski definition) is 4. The van der Waals surface area contributed by atoms with Crippen LogP contribution in [0.4, 0.5) is 0 Å². The minimum absolute atomic E-state index is 0.186. The SMILES string of the molecule is Cc1cc(C(=O)COC(=O)c2ccc(I)cc2)c(C)n1Cc1cccs1. The zero-order chi connectivity index (χ0) is 18.7. The molecule has 0 fully saturated rings. The van der Waals surface area contributed by atoms with Crippen molar-refractivity contribution < 1.29 is 14.3 Å². The van der Waals surface area contributed by atoms with Crippen molar-refractivity contribution in [2.24, 2.45) is 0 Å². The van der Waals surface area contributed by atoms with Gasteiger partial charge in [0.15, 0.2) is 6.61 Å². The van der Waals surface area contributed by atoms with Crippen molar-refractivity contribution in [3.05, 3.63) is 78.8 Å². The van der Waals surface area contributed by atoms with Gasteiger partial charge in [0.05, 0.1) is 12.1 Å². The second-order valence-corrected chi connectivity index (χ2v) is 8.23. The number of ketones is 1. The largest absolute Gasteiger partial charge is 0.454 e. The van der Waals surface area contributed by atoms with Crippen molar-refractivity contribution >= 4 is 45.7 Å². The van der Waals surface area contributed by atoms with Gasteiger partial charge in [-0.15, -0.1) is 11.3 Å². The second kappa shape index (κ2) is 8.18. The molecule has 0 unspecified atom stereocenters. The number of ether oxygens (including phenoxy) is 1. The maximum absolute atomic E-state index is 12.5. The first-order valence-electron chi connectivity index (χ1n) is 8.10. The smallest absolute Gasteiger partial charge is 0.338 e. The first-order valence-corrected chi connectivity index (χ1v) is 10.1. The summed E-state index contributed by atoms with van der Waals surface area (Å²) >= 11 is 3.86. The van der Waals surface area contributed by atoms with Gasteiger partial charge in [-0.3, -0.25) is 4.79 Å². The molecule has 0 aliphatic carbocycles. The third kappa shape index (κ3) is 4.24. The zero-order valence-electron chi connectivity index (χ0n) is 14.5. The Bertz CT molecular complexity index is 927. The molecule has 3 aromatic rings. The summed E-state index contributed by atoms with van der Waals surface area (Å²) in [5.74, 6) is -0.670. The highest BCUT2D eigenvalue weighted by Crippen LogP contribution is 2.20. The molecule has 0 saturated heterocycles. The summed E-state index contributed by atoms with van der Waals surface area (Å²) in [5.41, 5.74) is 2.96. The topological polar surface area (TPSA) is 48.3 Å². The standard InChI is InChI=1S/C20H18INO3S/c1-13-10-18(14(2)22(13)11-17-4-3-9-26-17)19(23)12-25-20(24)15-5-7-16(21)8-6-15/h3-10H,11-12H2,1-2H3. The normalized spacial score (nSPS) is 10.7. The lowest BCUT2D eigenvalue weighted by Gasteiger charge is -2.08. The van der Waals surface area contributed by atoms with Gasteiger partial charge in [-0.05, 0) is 78.2 Å². The lowest BCUT2D eigenvalue weighted by atomic mass is 10.1. The molecule has 0 atom stereocenters. The number of hydrogen-bond donors (Lipinski definition) is 0. The van der Waals surface area contributed by atoms with Crippen molar-refractivity contribution in [3.8, 4) is 0 Å². The number of Topliss-reactive ketones (excluding diaryl/α,β-unsaturated/α-hetero) is 1. The number of carbonyl (C=O) groups is 2. The highest BCUT2D eigenvalue weighted by molar-refractivity contribution is 14.1. The molecule has 0 amide bonds. The monoisotopic (exact) mass is 479 g/mol. The van der Waals surface area contributed by atoms with Gasteiger partial charge in [0, 0.05) is 25.4 Å². The van der Waals surface area contributed by atoms with E-state index in [-0.39, 0.29) is 12.4 Å². The van der Waals surface area contributed by atoms with Crippen LogP contribution in [-0.2, 0) is 11.3 Å². The quantitative estimate of drug-likeness (QED) is 0.288. The molecular formula is C20H18INO3S. The molecule has 1 aromatic carbocycles. The zero-order valence-corrected chi connectivity index (χ0v) is 17.5. The van der Waals surface area contributed by atoms with Gasteiger partial charge < -0.3 is 9.30 Å². The highest BCUT2D eigenvalue weighted by atomic mass is 127. The fourth-order valence-electron chi connectivity index (χ4n) is 2.76. The molecule has 134 valence electrons. The van der Waals surface area contributed by atoms with Crippen LogP contribution < -0.4 is 0 Å². The third-order valence-electron chi connectivity index (χ3n) is 4.18. The molecule has 0 radical (unpaired) electrons. The van der Waals surface area contributed by atoms with Gasteiger partial charge in [0.1, 0.15) is 0 Å². The summed E-state index contributed by atoms with van der Waals surface area (Å²) in [5, 5.41) is 2.04. The second-order valence-electron chi connectivity index (χ2n) is 5.96. The molecule has 4 nitrogen and oxygen atoms in total. The van der Waals surface area contributed by atoms with Crippen LogP contribution in [0.2, 0.25) is 0 Å². The predicted octanol–water partition coefficient (Wildman–Crippen LogP) is 4.86. The fraction of sp³-hybridized carbons (Fsp3) is 0.200. The van der Waals surface area contributed by atoms with Crippen LogP contribution in [0.15, 0.2) is 47.8 Å². The van der Waals surface area contributed by atoms with E-state index in [9.17, 15) is 9.59 Å². The number of thiophene rings is 1. The van der Waals surface area contributed by atoms with Crippen molar-refractivity contribution in [3.63, 3.8) is 0 Å². The summed E-state index contributed by atoms with van der Waals surface area (Å²) in [6, 6.07) is 13.0. The first-order chi connectivity index (χ1) is 12.5. The number of esters is 1. The van der Waals surface area contributed by atoms with Gasteiger partial charge in [-0.1, -0.05) is 6.07 Å². The summed E-state index contributed by atoms with van der Waals surface area (Å²) in [6.45, 7) is 4.39. The molecular weight excluding hydrogens is 461 g/mol. The number of aryl methyl sites for hydroxylation is 1. The molecule has 2 aromatic heterocycles. The van der Waals surface area contributed by atoms with E-state index < -0.39 is 5.97 Å². The van der Waals surface area contributed by atoms with E-state index >= 15 is 0 Å². The van der Waals surface area contributed by atoms with E-state index in [1.165, 1.54) is 4.88 Å².